The van der Waals surface area contributed by atoms with E-state index in [4.69, 9.17) is 0 Å². The Morgan fingerprint density at radius 2 is 2.39 bits per heavy atom. The highest BCUT2D eigenvalue weighted by Gasteiger charge is 2.14. The number of aromatic amines is 1. The second-order valence-electron chi connectivity index (χ2n) is 4.21. The van der Waals surface area contributed by atoms with Crippen molar-refractivity contribution in [1.82, 2.24) is 15.1 Å². The number of amides is 1. The van der Waals surface area contributed by atoms with Crippen LogP contribution in [0, 0.1) is 0 Å². The lowest BCUT2D eigenvalue weighted by molar-refractivity contribution is 0.0774. The molecule has 0 aliphatic heterocycles. The van der Waals surface area contributed by atoms with Crippen molar-refractivity contribution in [2.75, 3.05) is 13.1 Å². The number of rotatable bonds is 5. The molecule has 1 aromatic carbocycles. The fourth-order valence-electron chi connectivity index (χ4n) is 1.95. The monoisotopic (exact) mass is 243 g/mol. The Kier molecular flexibility index (Phi) is 3.77. The summed E-state index contributed by atoms with van der Waals surface area (Å²) >= 11 is 0. The lowest BCUT2D eigenvalue weighted by Gasteiger charge is -2.20. The first kappa shape index (κ1) is 12.4. The van der Waals surface area contributed by atoms with Gasteiger partial charge in [-0.3, -0.25) is 9.89 Å². The maximum atomic E-state index is 12.3. The third kappa shape index (κ3) is 2.42. The predicted molar refractivity (Wildman–Crippen MR) is 72.5 cm³/mol. The van der Waals surface area contributed by atoms with Crippen molar-refractivity contribution >= 4 is 16.8 Å². The lowest BCUT2D eigenvalue weighted by atomic mass is 10.1. The molecule has 0 spiro atoms. The fourth-order valence-corrected chi connectivity index (χ4v) is 1.95. The minimum Gasteiger partial charge on any atom is -0.335 e. The van der Waals surface area contributed by atoms with Crippen molar-refractivity contribution in [2.45, 2.75) is 13.3 Å². The van der Waals surface area contributed by atoms with Gasteiger partial charge < -0.3 is 4.90 Å². The second kappa shape index (κ2) is 5.49. The first-order valence-electron chi connectivity index (χ1n) is 6.09. The fraction of sp³-hybridized carbons (Fsp3) is 0.286. The van der Waals surface area contributed by atoms with Crippen molar-refractivity contribution in [3.05, 3.63) is 42.6 Å². The van der Waals surface area contributed by atoms with Gasteiger partial charge in [0.25, 0.3) is 5.91 Å². The van der Waals surface area contributed by atoms with E-state index < -0.39 is 0 Å². The predicted octanol–water partition coefficient (Wildman–Crippen LogP) is 2.60. The average Bonchev–Trinajstić information content (AvgIpc) is 2.84. The van der Waals surface area contributed by atoms with Crippen molar-refractivity contribution < 1.29 is 4.79 Å². The Bertz CT molecular complexity index is 559. The molecule has 0 saturated heterocycles. The number of hydrogen-bond donors (Lipinski definition) is 1. The van der Waals surface area contributed by atoms with E-state index in [1.807, 2.05) is 18.2 Å². The molecule has 1 amide bonds. The molecular formula is C14H17N3O. The molecule has 1 heterocycles. The summed E-state index contributed by atoms with van der Waals surface area (Å²) in [6.07, 6.45) is 4.44. The van der Waals surface area contributed by atoms with Crippen LogP contribution in [0.4, 0.5) is 0 Å². The lowest BCUT2D eigenvalue weighted by Crippen LogP contribution is -2.31. The smallest absolute Gasteiger partial charge is 0.254 e. The van der Waals surface area contributed by atoms with Crippen LogP contribution >= 0.6 is 0 Å². The minimum absolute atomic E-state index is 0.0354. The number of aromatic nitrogens is 2. The number of carbonyl (C=O) groups excluding carboxylic acids is 1. The third-order valence-electron chi connectivity index (χ3n) is 2.82. The van der Waals surface area contributed by atoms with Crippen molar-refractivity contribution in [3.63, 3.8) is 0 Å². The number of fused-ring (bicyclic) bond motifs is 1. The van der Waals surface area contributed by atoms with Gasteiger partial charge in [-0.25, -0.2) is 0 Å². The van der Waals surface area contributed by atoms with Gasteiger partial charge in [-0.2, -0.15) is 5.10 Å². The molecule has 2 rings (SSSR count). The Hall–Kier alpha value is -2.10. The summed E-state index contributed by atoms with van der Waals surface area (Å²) in [5.41, 5.74) is 1.57. The number of H-pyrrole nitrogens is 1. The summed E-state index contributed by atoms with van der Waals surface area (Å²) in [7, 11) is 0. The summed E-state index contributed by atoms with van der Waals surface area (Å²) in [6, 6.07) is 5.59. The van der Waals surface area contributed by atoms with Gasteiger partial charge in [-0.15, -0.1) is 6.58 Å². The van der Waals surface area contributed by atoms with E-state index in [0.29, 0.717) is 12.1 Å². The van der Waals surface area contributed by atoms with Gasteiger partial charge in [-0.1, -0.05) is 19.1 Å². The van der Waals surface area contributed by atoms with Crippen LogP contribution in [0.15, 0.2) is 37.1 Å². The summed E-state index contributed by atoms with van der Waals surface area (Å²) in [5.74, 6) is 0.0354. The van der Waals surface area contributed by atoms with Gasteiger partial charge in [0.2, 0.25) is 0 Å². The number of nitrogens with one attached hydrogen (secondary N) is 1. The van der Waals surface area contributed by atoms with Crippen molar-refractivity contribution in [1.29, 1.82) is 0 Å². The Morgan fingerprint density at radius 3 is 3.11 bits per heavy atom. The second-order valence-corrected chi connectivity index (χ2v) is 4.21. The molecule has 0 saturated carbocycles. The molecule has 0 bridgehead atoms. The van der Waals surface area contributed by atoms with E-state index in [1.165, 1.54) is 0 Å². The molecule has 0 fully saturated rings. The average molecular weight is 243 g/mol. The minimum atomic E-state index is 0.0354. The van der Waals surface area contributed by atoms with Crippen molar-refractivity contribution in [2.24, 2.45) is 0 Å². The Morgan fingerprint density at radius 1 is 1.56 bits per heavy atom. The van der Waals surface area contributed by atoms with Gasteiger partial charge in [0.1, 0.15) is 0 Å². The summed E-state index contributed by atoms with van der Waals surface area (Å²) < 4.78 is 0. The molecule has 94 valence electrons. The molecule has 18 heavy (non-hydrogen) atoms. The van der Waals surface area contributed by atoms with Gasteiger partial charge in [0.05, 0.1) is 11.7 Å². The van der Waals surface area contributed by atoms with Gasteiger partial charge >= 0.3 is 0 Å². The number of hydrogen-bond acceptors (Lipinski definition) is 2. The first-order chi connectivity index (χ1) is 8.76. The molecular weight excluding hydrogens is 226 g/mol. The SMILES string of the molecule is C=CCN(CCC)C(=O)c1ccc2cn[nH]c2c1. The number of benzene rings is 1. The van der Waals surface area contributed by atoms with Gasteiger partial charge in [-0.05, 0) is 18.6 Å². The molecule has 0 atom stereocenters. The Balaban J connectivity index is 2.27. The molecule has 0 aliphatic rings. The van der Waals surface area contributed by atoms with Crippen LogP contribution in [0.2, 0.25) is 0 Å². The summed E-state index contributed by atoms with van der Waals surface area (Å²) in [6.45, 7) is 7.07. The van der Waals surface area contributed by atoms with Crippen LogP contribution in [-0.4, -0.2) is 34.1 Å². The highest BCUT2D eigenvalue weighted by atomic mass is 16.2. The van der Waals surface area contributed by atoms with Crippen molar-refractivity contribution in [3.8, 4) is 0 Å². The van der Waals surface area contributed by atoms with Crippen LogP contribution < -0.4 is 0 Å². The largest absolute Gasteiger partial charge is 0.335 e. The van der Waals surface area contributed by atoms with Crippen LogP contribution in [-0.2, 0) is 0 Å². The zero-order valence-corrected chi connectivity index (χ0v) is 10.5. The zero-order valence-electron chi connectivity index (χ0n) is 10.5. The van der Waals surface area contributed by atoms with E-state index in [0.717, 1.165) is 23.9 Å². The quantitative estimate of drug-likeness (QED) is 0.820. The van der Waals surface area contributed by atoms with Crippen LogP contribution in [0.3, 0.4) is 0 Å². The van der Waals surface area contributed by atoms with E-state index in [2.05, 4.69) is 23.7 Å². The molecule has 4 heteroatoms. The van der Waals surface area contributed by atoms with E-state index in [9.17, 15) is 4.79 Å². The summed E-state index contributed by atoms with van der Waals surface area (Å²) in [5, 5.41) is 7.84. The van der Waals surface area contributed by atoms with E-state index in [1.54, 1.807) is 17.2 Å². The van der Waals surface area contributed by atoms with Crippen LogP contribution in [0.5, 0.6) is 0 Å². The maximum Gasteiger partial charge on any atom is 0.254 e. The van der Waals surface area contributed by atoms with Gasteiger partial charge in [0, 0.05) is 24.0 Å². The van der Waals surface area contributed by atoms with Gasteiger partial charge in [0.15, 0.2) is 0 Å². The highest BCUT2D eigenvalue weighted by Crippen LogP contribution is 2.14. The van der Waals surface area contributed by atoms with Crippen LogP contribution in [0.25, 0.3) is 10.9 Å². The molecule has 4 nitrogen and oxygen atoms in total. The topological polar surface area (TPSA) is 49.0 Å². The molecule has 1 aromatic heterocycles. The third-order valence-corrected chi connectivity index (χ3v) is 2.82. The first-order valence-corrected chi connectivity index (χ1v) is 6.09. The molecule has 0 aliphatic carbocycles. The molecule has 1 N–H and O–H groups in total. The zero-order chi connectivity index (χ0) is 13.0. The highest BCUT2D eigenvalue weighted by molar-refractivity contribution is 5.97. The molecule has 0 unspecified atom stereocenters. The number of nitrogens with zero attached hydrogens (tertiary/aromatic N) is 2. The van der Waals surface area contributed by atoms with Crippen LogP contribution in [0.1, 0.15) is 23.7 Å². The van der Waals surface area contributed by atoms with E-state index in [-0.39, 0.29) is 5.91 Å². The van der Waals surface area contributed by atoms with E-state index >= 15 is 0 Å². The number of carbonyl (C=O) groups is 1. The normalized spacial score (nSPS) is 10.5. The Labute approximate surface area is 106 Å². The molecule has 2 aromatic rings. The maximum absolute atomic E-state index is 12.3. The summed E-state index contributed by atoms with van der Waals surface area (Å²) in [4.78, 5) is 14.1. The molecule has 0 radical (unpaired) electrons. The standard InChI is InChI=1S/C14H17N3O/c1-3-7-17(8-4-2)14(18)11-5-6-12-10-15-16-13(12)9-11/h3,5-6,9-10H,1,4,7-8H2,2H3,(H,15,16).